The van der Waals surface area contributed by atoms with E-state index in [0.717, 1.165) is 17.7 Å². The quantitative estimate of drug-likeness (QED) is 0.938. The van der Waals surface area contributed by atoms with E-state index in [9.17, 15) is 4.39 Å². The summed E-state index contributed by atoms with van der Waals surface area (Å²) in [5.74, 6) is 0.469. The summed E-state index contributed by atoms with van der Waals surface area (Å²) in [6.45, 7) is 1.92. The molecular weight excluding hydrogens is 267 g/mol. The van der Waals surface area contributed by atoms with Crippen LogP contribution in [-0.4, -0.2) is 24.2 Å². The Kier molecular flexibility index (Phi) is 4.46. The first-order chi connectivity index (χ1) is 10.3. The van der Waals surface area contributed by atoms with Crippen LogP contribution in [0.5, 0.6) is 5.88 Å². The number of rotatable bonds is 4. The van der Waals surface area contributed by atoms with Crippen LogP contribution in [0.3, 0.4) is 0 Å². The fourth-order valence-electron chi connectivity index (χ4n) is 2.58. The molecule has 2 aromatic rings. The van der Waals surface area contributed by atoms with Gasteiger partial charge in [0, 0.05) is 24.7 Å². The van der Waals surface area contributed by atoms with Crippen LogP contribution in [0, 0.1) is 0 Å². The van der Waals surface area contributed by atoms with E-state index in [-0.39, 0.29) is 5.92 Å². The maximum absolute atomic E-state index is 13.9. The van der Waals surface area contributed by atoms with Crippen LogP contribution in [0.15, 0.2) is 48.7 Å². The molecule has 1 aromatic heterocycles. The summed E-state index contributed by atoms with van der Waals surface area (Å²) in [6.07, 6.45) is 1.51. The van der Waals surface area contributed by atoms with Crippen LogP contribution in [-0.2, 0) is 6.61 Å². The minimum Gasteiger partial charge on any atom is -0.473 e. The predicted octanol–water partition coefficient (Wildman–Crippen LogP) is 3.08. The average Bonchev–Trinajstić information content (AvgIpc) is 2.55. The Morgan fingerprint density at radius 2 is 2.05 bits per heavy atom. The fourth-order valence-corrected chi connectivity index (χ4v) is 2.58. The molecule has 2 heterocycles. The van der Waals surface area contributed by atoms with E-state index in [2.05, 4.69) is 10.3 Å². The van der Waals surface area contributed by atoms with Crippen LogP contribution >= 0.6 is 0 Å². The van der Waals surface area contributed by atoms with Crippen molar-refractivity contribution < 1.29 is 9.13 Å². The highest BCUT2D eigenvalue weighted by Gasteiger charge is 2.26. The van der Waals surface area contributed by atoms with Gasteiger partial charge in [0.25, 0.3) is 0 Å². The molecule has 21 heavy (non-hydrogen) atoms. The van der Waals surface area contributed by atoms with Crippen molar-refractivity contribution in [3.63, 3.8) is 0 Å². The molecule has 3 nitrogen and oxygen atoms in total. The molecular formula is C17H19FN2O. The van der Waals surface area contributed by atoms with Crippen molar-refractivity contribution in [1.82, 2.24) is 10.3 Å². The molecule has 2 unspecified atom stereocenters. The summed E-state index contributed by atoms with van der Waals surface area (Å²) in [7, 11) is 0. The van der Waals surface area contributed by atoms with Crippen LogP contribution in [0.25, 0.3) is 0 Å². The van der Waals surface area contributed by atoms with Crippen LogP contribution < -0.4 is 10.1 Å². The van der Waals surface area contributed by atoms with Gasteiger partial charge in [-0.05, 0) is 24.1 Å². The Bertz CT molecular complexity index is 559. The number of nitrogens with zero attached hydrogens (tertiary/aromatic N) is 1. The van der Waals surface area contributed by atoms with Gasteiger partial charge in [-0.2, -0.15) is 0 Å². The van der Waals surface area contributed by atoms with Gasteiger partial charge in [-0.15, -0.1) is 0 Å². The van der Waals surface area contributed by atoms with Gasteiger partial charge in [0.2, 0.25) is 5.88 Å². The zero-order chi connectivity index (χ0) is 14.5. The number of aromatic nitrogens is 1. The third kappa shape index (κ3) is 3.58. The van der Waals surface area contributed by atoms with Gasteiger partial charge in [0.15, 0.2) is 0 Å². The van der Waals surface area contributed by atoms with E-state index in [1.165, 1.54) is 0 Å². The number of pyridine rings is 1. The summed E-state index contributed by atoms with van der Waals surface area (Å²) in [5, 5.41) is 3.23. The lowest BCUT2D eigenvalue weighted by Crippen LogP contribution is -2.36. The zero-order valence-electron chi connectivity index (χ0n) is 11.8. The molecule has 1 aliphatic rings. The predicted molar refractivity (Wildman–Crippen MR) is 80.1 cm³/mol. The van der Waals surface area contributed by atoms with Crippen molar-refractivity contribution in [3.8, 4) is 5.88 Å². The Morgan fingerprint density at radius 3 is 2.76 bits per heavy atom. The summed E-state index contributed by atoms with van der Waals surface area (Å²) in [5.41, 5.74) is 2.03. The molecule has 4 heteroatoms. The van der Waals surface area contributed by atoms with Crippen molar-refractivity contribution in [3.05, 3.63) is 59.8 Å². The number of ether oxygens (including phenoxy) is 1. The molecule has 2 atom stereocenters. The lowest BCUT2D eigenvalue weighted by molar-refractivity contribution is 0.227. The summed E-state index contributed by atoms with van der Waals surface area (Å²) < 4.78 is 19.5. The summed E-state index contributed by atoms with van der Waals surface area (Å²) in [4.78, 5) is 4.29. The van der Waals surface area contributed by atoms with Gasteiger partial charge in [0.1, 0.15) is 12.8 Å². The third-order valence-electron chi connectivity index (χ3n) is 3.81. The maximum Gasteiger partial charge on any atom is 0.213 e. The van der Waals surface area contributed by atoms with Crippen LogP contribution in [0.2, 0.25) is 0 Å². The number of halogens is 1. The minimum atomic E-state index is -0.788. The Morgan fingerprint density at radius 1 is 1.19 bits per heavy atom. The van der Waals surface area contributed by atoms with Gasteiger partial charge in [0.05, 0.1) is 0 Å². The first-order valence-corrected chi connectivity index (χ1v) is 7.30. The van der Waals surface area contributed by atoms with Gasteiger partial charge in [-0.25, -0.2) is 9.37 Å². The molecule has 0 bridgehead atoms. The zero-order valence-corrected chi connectivity index (χ0v) is 11.8. The smallest absolute Gasteiger partial charge is 0.213 e. The summed E-state index contributed by atoms with van der Waals surface area (Å²) in [6, 6.07) is 13.7. The molecule has 1 aliphatic heterocycles. The molecule has 1 fully saturated rings. The highest BCUT2D eigenvalue weighted by Crippen LogP contribution is 2.26. The Hall–Kier alpha value is -1.94. The molecule has 0 spiro atoms. The fraction of sp³-hybridized carbons (Fsp3) is 0.353. The van der Waals surface area contributed by atoms with Crippen molar-refractivity contribution in [2.75, 3.05) is 13.1 Å². The third-order valence-corrected chi connectivity index (χ3v) is 3.81. The van der Waals surface area contributed by atoms with E-state index in [1.807, 2.05) is 42.5 Å². The molecule has 1 aromatic carbocycles. The van der Waals surface area contributed by atoms with Gasteiger partial charge < -0.3 is 10.1 Å². The number of nitrogens with one attached hydrogen (secondary N) is 1. The molecule has 1 saturated heterocycles. The van der Waals surface area contributed by atoms with E-state index < -0.39 is 6.17 Å². The lowest BCUT2D eigenvalue weighted by Gasteiger charge is -2.26. The molecule has 0 aliphatic carbocycles. The number of piperidine rings is 1. The van der Waals surface area contributed by atoms with Crippen molar-refractivity contribution in [1.29, 1.82) is 0 Å². The first kappa shape index (κ1) is 14.0. The summed E-state index contributed by atoms with van der Waals surface area (Å²) >= 11 is 0. The second-order valence-electron chi connectivity index (χ2n) is 5.32. The largest absolute Gasteiger partial charge is 0.473 e. The monoisotopic (exact) mass is 286 g/mol. The second kappa shape index (κ2) is 6.68. The molecule has 0 amide bonds. The minimum absolute atomic E-state index is 0.102. The Balaban J connectivity index is 1.61. The van der Waals surface area contributed by atoms with E-state index in [4.69, 9.17) is 4.74 Å². The van der Waals surface area contributed by atoms with Gasteiger partial charge >= 0.3 is 0 Å². The number of hydrogen-bond acceptors (Lipinski definition) is 3. The second-order valence-corrected chi connectivity index (χ2v) is 5.32. The van der Waals surface area contributed by atoms with Gasteiger partial charge in [-0.3, -0.25) is 0 Å². The van der Waals surface area contributed by atoms with Crippen molar-refractivity contribution in [2.24, 2.45) is 0 Å². The van der Waals surface area contributed by atoms with Crippen LogP contribution in [0.1, 0.15) is 23.5 Å². The van der Waals surface area contributed by atoms with Crippen LogP contribution in [0.4, 0.5) is 4.39 Å². The molecule has 110 valence electrons. The number of alkyl halides is 1. The lowest BCUT2D eigenvalue weighted by atomic mass is 9.91. The van der Waals surface area contributed by atoms with E-state index in [1.54, 1.807) is 6.20 Å². The molecule has 3 rings (SSSR count). The van der Waals surface area contributed by atoms with Crippen molar-refractivity contribution >= 4 is 0 Å². The highest BCUT2D eigenvalue weighted by molar-refractivity contribution is 5.24. The highest BCUT2D eigenvalue weighted by atomic mass is 19.1. The standard InChI is InChI=1S/C17H19FN2O/c18-16-8-9-19-11-15(16)14-6-7-17(20-10-14)21-12-13-4-2-1-3-5-13/h1-7,10,15-16,19H,8-9,11-12H2. The number of hydrogen-bond donors (Lipinski definition) is 1. The molecule has 0 saturated carbocycles. The normalized spacial score (nSPS) is 22.0. The molecule has 0 radical (unpaired) electrons. The SMILES string of the molecule is FC1CCNCC1c1ccc(OCc2ccccc2)nc1. The van der Waals surface area contributed by atoms with Gasteiger partial charge in [-0.1, -0.05) is 36.4 Å². The average molecular weight is 286 g/mol. The van der Waals surface area contributed by atoms with E-state index >= 15 is 0 Å². The molecule has 1 N–H and O–H groups in total. The first-order valence-electron chi connectivity index (χ1n) is 7.30. The number of benzene rings is 1. The topological polar surface area (TPSA) is 34.1 Å². The Labute approximate surface area is 124 Å². The van der Waals surface area contributed by atoms with Crippen molar-refractivity contribution in [2.45, 2.75) is 25.1 Å². The van der Waals surface area contributed by atoms with E-state index in [0.29, 0.717) is 25.5 Å². The maximum atomic E-state index is 13.9.